The number of aryl methyl sites for hydroxylation is 1. The van der Waals surface area contributed by atoms with Gasteiger partial charge in [0.25, 0.3) is 0 Å². The van der Waals surface area contributed by atoms with Crippen molar-refractivity contribution in [3.05, 3.63) is 41.6 Å². The smallest absolute Gasteiger partial charge is 0.161 e. The summed E-state index contributed by atoms with van der Waals surface area (Å²) in [5.41, 5.74) is 3.44. The summed E-state index contributed by atoms with van der Waals surface area (Å²) < 4.78 is 0. The molecule has 0 saturated carbocycles. The van der Waals surface area contributed by atoms with Gasteiger partial charge in [-0.25, -0.2) is 9.97 Å². The minimum atomic E-state index is 0.163. The summed E-state index contributed by atoms with van der Waals surface area (Å²) in [7, 11) is 1.74. The predicted molar refractivity (Wildman–Crippen MR) is 78.6 cm³/mol. The van der Waals surface area contributed by atoms with Crippen LogP contribution < -0.4 is 5.32 Å². The molecule has 2 rings (SSSR count). The normalized spacial score (nSPS) is 11.4. The molecule has 3 nitrogen and oxygen atoms in total. The zero-order valence-corrected chi connectivity index (χ0v) is 12.2. The highest BCUT2D eigenvalue weighted by molar-refractivity contribution is 5.57. The average Bonchev–Trinajstić information content (AvgIpc) is 2.37. The average molecular weight is 254 g/mol. The van der Waals surface area contributed by atoms with E-state index in [0.29, 0.717) is 0 Å². The van der Waals surface area contributed by atoms with Gasteiger partial charge in [-0.1, -0.05) is 45.0 Å². The monoisotopic (exact) mass is 254 g/mol. The highest BCUT2D eigenvalue weighted by Gasteiger charge is 2.13. The van der Waals surface area contributed by atoms with E-state index in [2.05, 4.69) is 60.3 Å². The molecule has 1 heterocycles. The lowest BCUT2D eigenvalue weighted by molar-refractivity contribution is 0.590. The highest BCUT2D eigenvalue weighted by Crippen LogP contribution is 2.25. The third-order valence-electron chi connectivity index (χ3n) is 3.08. The Labute approximate surface area is 115 Å². The maximum atomic E-state index is 4.47. The largest absolute Gasteiger partial charge is 0.270 e. The van der Waals surface area contributed by atoms with E-state index in [1.54, 1.807) is 7.05 Å². The van der Waals surface area contributed by atoms with Crippen LogP contribution in [0.15, 0.2) is 30.3 Å². The fraction of sp³-hybridized carbons (Fsp3) is 0.375. The number of nitrogens with zero attached hydrogens (tertiary/aromatic N) is 3. The Balaban J connectivity index is 2.40. The van der Waals surface area contributed by atoms with Gasteiger partial charge < -0.3 is 0 Å². The van der Waals surface area contributed by atoms with Gasteiger partial charge in [-0.3, -0.25) is 5.32 Å². The van der Waals surface area contributed by atoms with Crippen molar-refractivity contribution in [2.45, 2.75) is 33.1 Å². The van der Waals surface area contributed by atoms with Crippen molar-refractivity contribution < 1.29 is 0 Å². The van der Waals surface area contributed by atoms with Gasteiger partial charge in [0.05, 0.1) is 0 Å². The summed E-state index contributed by atoms with van der Waals surface area (Å²) >= 11 is 0. The van der Waals surface area contributed by atoms with Crippen LogP contribution in [0, 0.1) is 6.92 Å². The highest BCUT2D eigenvalue weighted by atomic mass is 15.0. The summed E-state index contributed by atoms with van der Waals surface area (Å²) in [5, 5.41) is 4.12. The Morgan fingerprint density at radius 2 is 1.63 bits per heavy atom. The maximum absolute atomic E-state index is 4.47. The van der Waals surface area contributed by atoms with Crippen molar-refractivity contribution in [1.82, 2.24) is 15.3 Å². The van der Waals surface area contributed by atoms with Crippen molar-refractivity contribution >= 4 is 5.82 Å². The molecule has 1 aromatic heterocycles. The van der Waals surface area contributed by atoms with E-state index < -0.39 is 0 Å². The molecular weight excluding hydrogens is 234 g/mol. The van der Waals surface area contributed by atoms with E-state index in [1.807, 2.05) is 13.0 Å². The molecule has 99 valence electrons. The van der Waals surface area contributed by atoms with E-state index in [9.17, 15) is 0 Å². The van der Waals surface area contributed by atoms with Gasteiger partial charge in [0.15, 0.2) is 11.6 Å². The van der Waals surface area contributed by atoms with Crippen LogP contribution in [0.25, 0.3) is 11.4 Å². The lowest BCUT2D eigenvalue weighted by Gasteiger charge is -2.19. The number of hydrogen-bond acceptors (Lipinski definition) is 2. The number of benzene rings is 1. The molecule has 19 heavy (non-hydrogen) atoms. The Bertz CT molecular complexity index is 566. The number of hydrogen-bond donors (Lipinski definition) is 0. The van der Waals surface area contributed by atoms with Crippen LogP contribution in [-0.4, -0.2) is 17.0 Å². The van der Waals surface area contributed by atoms with Gasteiger partial charge in [0.1, 0.15) is 0 Å². The van der Waals surface area contributed by atoms with Crippen LogP contribution in [0.4, 0.5) is 5.82 Å². The first-order valence-electron chi connectivity index (χ1n) is 6.46. The zero-order chi connectivity index (χ0) is 14.0. The topological polar surface area (TPSA) is 39.9 Å². The van der Waals surface area contributed by atoms with Crippen LogP contribution in [0.3, 0.4) is 0 Å². The molecule has 0 bridgehead atoms. The molecule has 0 spiro atoms. The Kier molecular flexibility index (Phi) is 3.56. The van der Waals surface area contributed by atoms with Gasteiger partial charge in [0.2, 0.25) is 0 Å². The molecular formula is C16H20N3. The Hall–Kier alpha value is -1.90. The van der Waals surface area contributed by atoms with Crippen molar-refractivity contribution in [2.75, 3.05) is 7.05 Å². The molecule has 0 atom stereocenters. The SMILES string of the molecule is C[N]c1cc(C)nc(-c2ccc(C(C)(C)C)cc2)n1. The molecule has 0 N–H and O–H groups in total. The zero-order valence-electron chi connectivity index (χ0n) is 12.2. The Morgan fingerprint density at radius 3 is 2.16 bits per heavy atom. The second kappa shape index (κ2) is 5.00. The summed E-state index contributed by atoms with van der Waals surface area (Å²) in [6.45, 7) is 8.58. The molecule has 0 amide bonds. The molecule has 1 aromatic carbocycles. The van der Waals surface area contributed by atoms with Crippen molar-refractivity contribution in [3.8, 4) is 11.4 Å². The summed E-state index contributed by atoms with van der Waals surface area (Å²) in [6.07, 6.45) is 0. The van der Waals surface area contributed by atoms with Crippen LogP contribution in [0.2, 0.25) is 0 Å². The quantitative estimate of drug-likeness (QED) is 0.821. The fourth-order valence-electron chi connectivity index (χ4n) is 1.91. The first-order chi connectivity index (χ1) is 8.90. The van der Waals surface area contributed by atoms with Gasteiger partial charge in [-0.05, 0) is 17.9 Å². The molecule has 0 unspecified atom stereocenters. The maximum Gasteiger partial charge on any atom is 0.161 e. The summed E-state index contributed by atoms with van der Waals surface area (Å²) in [4.78, 5) is 8.91. The van der Waals surface area contributed by atoms with Crippen molar-refractivity contribution in [1.29, 1.82) is 0 Å². The van der Waals surface area contributed by atoms with Gasteiger partial charge in [-0.2, -0.15) is 0 Å². The van der Waals surface area contributed by atoms with Crippen LogP contribution in [-0.2, 0) is 5.41 Å². The van der Waals surface area contributed by atoms with Gasteiger partial charge in [0, 0.05) is 24.4 Å². The van der Waals surface area contributed by atoms with E-state index >= 15 is 0 Å². The third-order valence-corrected chi connectivity index (χ3v) is 3.08. The second-order valence-electron chi connectivity index (χ2n) is 5.74. The van der Waals surface area contributed by atoms with E-state index in [1.165, 1.54) is 5.56 Å². The minimum absolute atomic E-state index is 0.163. The number of rotatable bonds is 2. The summed E-state index contributed by atoms with van der Waals surface area (Å²) in [6, 6.07) is 10.3. The molecule has 3 heteroatoms. The van der Waals surface area contributed by atoms with Gasteiger partial charge in [-0.15, -0.1) is 0 Å². The summed E-state index contributed by atoms with van der Waals surface area (Å²) in [5.74, 6) is 1.46. The molecule has 0 fully saturated rings. The van der Waals surface area contributed by atoms with Crippen LogP contribution >= 0.6 is 0 Å². The minimum Gasteiger partial charge on any atom is -0.270 e. The van der Waals surface area contributed by atoms with Crippen molar-refractivity contribution in [3.63, 3.8) is 0 Å². The Morgan fingerprint density at radius 1 is 1.00 bits per heavy atom. The lowest BCUT2D eigenvalue weighted by atomic mass is 9.87. The third kappa shape index (κ3) is 3.11. The number of aromatic nitrogens is 2. The molecule has 1 radical (unpaired) electrons. The molecule has 0 aliphatic heterocycles. The van der Waals surface area contributed by atoms with E-state index in [0.717, 1.165) is 22.9 Å². The first kappa shape index (κ1) is 13.5. The fourth-order valence-corrected chi connectivity index (χ4v) is 1.91. The van der Waals surface area contributed by atoms with E-state index in [4.69, 9.17) is 0 Å². The lowest BCUT2D eigenvalue weighted by Crippen LogP contribution is -2.10. The van der Waals surface area contributed by atoms with Crippen molar-refractivity contribution in [2.24, 2.45) is 0 Å². The van der Waals surface area contributed by atoms with Crippen LogP contribution in [0.5, 0.6) is 0 Å². The standard InChI is InChI=1S/C16H20N3/c1-11-10-14(17-5)19-15(18-11)12-6-8-13(9-7-12)16(2,3)4/h6-10H,1-5H3. The molecule has 2 aromatic rings. The van der Waals surface area contributed by atoms with Gasteiger partial charge >= 0.3 is 0 Å². The molecule has 0 saturated heterocycles. The molecule has 0 aliphatic rings. The second-order valence-corrected chi connectivity index (χ2v) is 5.74. The van der Waals surface area contributed by atoms with Crippen LogP contribution in [0.1, 0.15) is 32.0 Å². The first-order valence-corrected chi connectivity index (χ1v) is 6.46. The van der Waals surface area contributed by atoms with E-state index in [-0.39, 0.29) is 5.41 Å². The predicted octanol–water partition coefficient (Wildman–Crippen LogP) is 3.62. The molecule has 0 aliphatic carbocycles.